The number of amidine groups is 1. The number of aromatic nitrogens is 1. The van der Waals surface area contributed by atoms with Crippen LogP contribution in [-0.4, -0.2) is 15.6 Å². The number of nitrogens with zero attached hydrogens (tertiary/aromatic N) is 2. The number of nitrogens with one attached hydrogen (secondary N) is 1. The van der Waals surface area contributed by atoms with Crippen molar-refractivity contribution in [1.29, 1.82) is 0 Å². The van der Waals surface area contributed by atoms with Gasteiger partial charge in [0.25, 0.3) is 5.91 Å². The molecule has 7 heteroatoms. The standard InChI is InChI=1S/C24H21ClFN3OS/c1-13-6-5-7-21(15(13)3)27-24-28-23(30)22(31-24)11-17-10-14(2)29(16(17)4)18-8-9-20(26)19(25)12-18/h5-12H,1-4H3,(H,27,28,30)/b22-11+. The minimum absolute atomic E-state index is 0.0722. The second-order valence-corrected chi connectivity index (χ2v) is 8.90. The fourth-order valence-electron chi connectivity index (χ4n) is 3.54. The number of halogens is 2. The molecule has 1 amide bonds. The fourth-order valence-corrected chi connectivity index (χ4v) is 4.54. The number of rotatable bonds is 3. The van der Waals surface area contributed by atoms with Crippen LogP contribution >= 0.6 is 23.4 Å². The first-order valence-electron chi connectivity index (χ1n) is 9.75. The van der Waals surface area contributed by atoms with Crippen LogP contribution in [0, 0.1) is 33.5 Å². The molecule has 0 aliphatic carbocycles. The van der Waals surface area contributed by atoms with Crippen molar-refractivity contribution in [2.24, 2.45) is 4.99 Å². The number of carbonyl (C=O) groups is 1. The highest BCUT2D eigenvalue weighted by Gasteiger charge is 2.25. The van der Waals surface area contributed by atoms with E-state index in [9.17, 15) is 9.18 Å². The third-order valence-corrected chi connectivity index (χ3v) is 6.57. The van der Waals surface area contributed by atoms with Crippen LogP contribution in [0.15, 0.2) is 52.4 Å². The Hall–Kier alpha value is -2.83. The highest BCUT2D eigenvalue weighted by atomic mass is 35.5. The lowest BCUT2D eigenvalue weighted by Crippen LogP contribution is -2.19. The maximum absolute atomic E-state index is 13.6. The summed E-state index contributed by atoms with van der Waals surface area (Å²) < 4.78 is 15.6. The topological polar surface area (TPSA) is 46.4 Å². The van der Waals surface area contributed by atoms with Gasteiger partial charge in [-0.3, -0.25) is 4.79 Å². The van der Waals surface area contributed by atoms with Crippen molar-refractivity contribution in [3.63, 3.8) is 0 Å². The maximum atomic E-state index is 13.6. The molecule has 4 nitrogen and oxygen atoms in total. The van der Waals surface area contributed by atoms with Gasteiger partial charge >= 0.3 is 0 Å². The molecule has 0 radical (unpaired) electrons. The molecule has 2 heterocycles. The van der Waals surface area contributed by atoms with Crippen molar-refractivity contribution < 1.29 is 9.18 Å². The lowest BCUT2D eigenvalue weighted by molar-refractivity contribution is -0.115. The molecule has 0 atom stereocenters. The number of hydrogen-bond donors (Lipinski definition) is 1. The Morgan fingerprint density at radius 3 is 2.65 bits per heavy atom. The first kappa shape index (κ1) is 21.4. The zero-order valence-corrected chi connectivity index (χ0v) is 19.2. The molecular formula is C24H21ClFN3OS. The molecule has 1 aromatic heterocycles. The van der Waals surface area contributed by atoms with E-state index in [1.54, 1.807) is 12.1 Å². The van der Waals surface area contributed by atoms with Gasteiger partial charge in [0.1, 0.15) is 5.82 Å². The molecule has 0 unspecified atom stereocenters. The number of amides is 1. The number of benzene rings is 2. The Morgan fingerprint density at radius 2 is 1.90 bits per heavy atom. The van der Waals surface area contributed by atoms with Gasteiger partial charge in [-0.05, 0) is 92.6 Å². The quantitative estimate of drug-likeness (QED) is 0.466. The molecule has 1 aliphatic rings. The van der Waals surface area contributed by atoms with E-state index in [2.05, 4.69) is 10.3 Å². The number of thioether (sulfide) groups is 1. The molecular weight excluding hydrogens is 433 g/mol. The van der Waals surface area contributed by atoms with Crippen LogP contribution in [0.1, 0.15) is 28.1 Å². The number of aryl methyl sites for hydroxylation is 2. The molecule has 1 N–H and O–H groups in total. The van der Waals surface area contributed by atoms with Gasteiger partial charge in [-0.25, -0.2) is 9.38 Å². The number of carbonyl (C=O) groups excluding carboxylic acids is 1. The molecule has 2 aromatic carbocycles. The lowest BCUT2D eigenvalue weighted by atomic mass is 10.1. The molecule has 1 fully saturated rings. The Balaban J connectivity index is 1.66. The minimum atomic E-state index is -0.454. The molecule has 3 aromatic rings. The Bertz CT molecular complexity index is 1280. The van der Waals surface area contributed by atoms with E-state index in [-0.39, 0.29) is 10.9 Å². The second kappa shape index (κ2) is 8.36. The van der Waals surface area contributed by atoms with Crippen molar-refractivity contribution in [2.45, 2.75) is 27.7 Å². The van der Waals surface area contributed by atoms with Gasteiger partial charge < -0.3 is 9.88 Å². The summed E-state index contributed by atoms with van der Waals surface area (Å²) >= 11 is 7.28. The summed E-state index contributed by atoms with van der Waals surface area (Å²) in [5.41, 5.74) is 6.65. The summed E-state index contributed by atoms with van der Waals surface area (Å²) in [5, 5.41) is 3.48. The van der Waals surface area contributed by atoms with Gasteiger partial charge in [0.2, 0.25) is 0 Å². The van der Waals surface area contributed by atoms with Crippen LogP contribution in [0.25, 0.3) is 11.8 Å². The number of hydrogen-bond acceptors (Lipinski definition) is 3. The first-order chi connectivity index (χ1) is 14.7. The third-order valence-electron chi connectivity index (χ3n) is 5.37. The van der Waals surface area contributed by atoms with Crippen LogP contribution in [0.5, 0.6) is 0 Å². The van der Waals surface area contributed by atoms with Crippen molar-refractivity contribution in [2.75, 3.05) is 0 Å². The zero-order valence-electron chi connectivity index (χ0n) is 17.6. The smallest absolute Gasteiger partial charge is 0.264 e. The molecule has 1 saturated heterocycles. The summed E-state index contributed by atoms with van der Waals surface area (Å²) in [5.74, 6) is -0.631. The SMILES string of the molecule is Cc1cccc(N=C2NC(=O)/C(=C\c3cc(C)n(-c4ccc(F)c(Cl)c4)c3C)S2)c1C. The van der Waals surface area contributed by atoms with E-state index in [1.807, 2.05) is 62.6 Å². The monoisotopic (exact) mass is 453 g/mol. The highest BCUT2D eigenvalue weighted by Crippen LogP contribution is 2.32. The lowest BCUT2D eigenvalue weighted by Gasteiger charge is -2.10. The molecule has 1 aliphatic heterocycles. The normalized spacial score (nSPS) is 16.4. The number of aliphatic imine (C=N–C) groups is 1. The predicted octanol–water partition coefficient (Wildman–Crippen LogP) is 6.40. The van der Waals surface area contributed by atoms with Gasteiger partial charge in [-0.1, -0.05) is 23.7 Å². The van der Waals surface area contributed by atoms with Crippen molar-refractivity contribution in [3.05, 3.63) is 86.3 Å². The average Bonchev–Trinajstić information content (AvgIpc) is 3.20. The van der Waals surface area contributed by atoms with Gasteiger partial charge in [0.15, 0.2) is 5.17 Å². The third kappa shape index (κ3) is 4.18. The van der Waals surface area contributed by atoms with E-state index < -0.39 is 5.82 Å². The fraction of sp³-hybridized carbons (Fsp3) is 0.167. The Morgan fingerprint density at radius 1 is 1.13 bits per heavy atom. The molecule has 0 spiro atoms. The first-order valence-corrected chi connectivity index (χ1v) is 10.9. The van der Waals surface area contributed by atoms with E-state index in [4.69, 9.17) is 11.6 Å². The van der Waals surface area contributed by atoms with Gasteiger partial charge in [-0.15, -0.1) is 0 Å². The summed E-state index contributed by atoms with van der Waals surface area (Å²) in [6.45, 7) is 7.97. The van der Waals surface area contributed by atoms with Crippen molar-refractivity contribution in [3.8, 4) is 5.69 Å². The van der Waals surface area contributed by atoms with Crippen LogP contribution in [0.4, 0.5) is 10.1 Å². The minimum Gasteiger partial charge on any atom is -0.318 e. The maximum Gasteiger partial charge on any atom is 0.264 e. The van der Waals surface area contributed by atoms with Gasteiger partial charge in [-0.2, -0.15) is 0 Å². The van der Waals surface area contributed by atoms with Gasteiger partial charge in [0.05, 0.1) is 15.6 Å². The van der Waals surface area contributed by atoms with E-state index >= 15 is 0 Å². The highest BCUT2D eigenvalue weighted by molar-refractivity contribution is 8.18. The molecule has 0 saturated carbocycles. The van der Waals surface area contributed by atoms with Crippen molar-refractivity contribution in [1.82, 2.24) is 9.88 Å². The van der Waals surface area contributed by atoms with E-state index in [0.717, 1.165) is 39.5 Å². The summed E-state index contributed by atoms with van der Waals surface area (Å²) in [6, 6.07) is 12.6. The second-order valence-electron chi connectivity index (χ2n) is 7.46. The Labute approximate surface area is 189 Å². The van der Waals surface area contributed by atoms with E-state index in [1.165, 1.54) is 17.8 Å². The summed E-state index contributed by atoms with van der Waals surface area (Å²) in [7, 11) is 0. The van der Waals surface area contributed by atoms with Gasteiger partial charge in [0, 0.05) is 17.1 Å². The van der Waals surface area contributed by atoms with Crippen molar-refractivity contribution >= 4 is 46.2 Å². The van der Waals surface area contributed by atoms with Crippen LogP contribution in [-0.2, 0) is 4.79 Å². The van der Waals surface area contributed by atoms with Crippen LogP contribution in [0.3, 0.4) is 0 Å². The average molecular weight is 454 g/mol. The molecule has 4 rings (SSSR count). The molecule has 158 valence electrons. The van der Waals surface area contributed by atoms with Crippen LogP contribution < -0.4 is 5.32 Å². The summed E-state index contributed by atoms with van der Waals surface area (Å²) in [6.07, 6.45) is 1.86. The molecule has 31 heavy (non-hydrogen) atoms. The Kier molecular flexibility index (Phi) is 5.77. The van der Waals surface area contributed by atoms with E-state index in [0.29, 0.717) is 10.1 Å². The zero-order chi connectivity index (χ0) is 22.3. The predicted molar refractivity (Wildman–Crippen MR) is 127 cm³/mol. The van der Waals surface area contributed by atoms with Crippen LogP contribution in [0.2, 0.25) is 5.02 Å². The molecule has 0 bridgehead atoms. The summed E-state index contributed by atoms with van der Waals surface area (Å²) in [4.78, 5) is 17.7. The largest absolute Gasteiger partial charge is 0.318 e.